The van der Waals surface area contributed by atoms with E-state index in [9.17, 15) is 0 Å². The minimum Gasteiger partial charge on any atom is -0.326 e. The van der Waals surface area contributed by atoms with Gasteiger partial charge in [-0.1, -0.05) is 18.2 Å². The van der Waals surface area contributed by atoms with Crippen molar-refractivity contribution < 1.29 is 0 Å². The van der Waals surface area contributed by atoms with Gasteiger partial charge in [0.25, 0.3) is 0 Å². The number of para-hydroxylation sites is 1. The molecule has 0 atom stereocenters. The Labute approximate surface area is 111 Å². The van der Waals surface area contributed by atoms with Gasteiger partial charge in [0, 0.05) is 28.9 Å². The fraction of sp³-hybridized carbons (Fsp3) is 0.200. The topological polar surface area (TPSA) is 56.7 Å². The van der Waals surface area contributed by atoms with E-state index >= 15 is 0 Å². The molecule has 2 aromatic heterocycles. The lowest BCUT2D eigenvalue weighted by Crippen LogP contribution is -2.10. The van der Waals surface area contributed by atoms with Crippen LogP contribution >= 0.6 is 0 Å². The van der Waals surface area contributed by atoms with Crippen molar-refractivity contribution in [2.24, 2.45) is 5.73 Å². The number of rotatable bonds is 2. The largest absolute Gasteiger partial charge is 0.326 e. The van der Waals surface area contributed by atoms with E-state index in [1.165, 1.54) is 0 Å². The number of hydrogen-bond acceptors (Lipinski definition) is 3. The zero-order valence-corrected chi connectivity index (χ0v) is 11.1. The maximum atomic E-state index is 5.87. The minimum absolute atomic E-state index is 0.461. The standard InChI is InChI=1S/C15H16N4/c1-10-7-15(13(8-16)11(2)18-10)19-14-6-4-3-5-12(14)9-17-19/h3-7,9H,8,16H2,1-2H3. The molecule has 96 valence electrons. The number of nitrogens with zero attached hydrogens (tertiary/aromatic N) is 3. The van der Waals surface area contributed by atoms with Crippen LogP contribution in [0.15, 0.2) is 36.5 Å². The zero-order valence-electron chi connectivity index (χ0n) is 11.1. The summed E-state index contributed by atoms with van der Waals surface area (Å²) in [5, 5.41) is 5.61. The smallest absolute Gasteiger partial charge is 0.0741 e. The van der Waals surface area contributed by atoms with Crippen molar-refractivity contribution in [2.45, 2.75) is 20.4 Å². The van der Waals surface area contributed by atoms with E-state index in [1.54, 1.807) is 0 Å². The Hall–Kier alpha value is -2.20. The second kappa shape index (κ2) is 4.48. The first-order valence-corrected chi connectivity index (χ1v) is 6.31. The summed E-state index contributed by atoms with van der Waals surface area (Å²) in [6.45, 7) is 4.44. The highest BCUT2D eigenvalue weighted by atomic mass is 15.3. The van der Waals surface area contributed by atoms with E-state index in [0.29, 0.717) is 6.54 Å². The number of fused-ring (bicyclic) bond motifs is 1. The predicted octanol–water partition coefficient (Wildman–Crippen LogP) is 2.50. The van der Waals surface area contributed by atoms with Gasteiger partial charge in [-0.25, -0.2) is 4.68 Å². The van der Waals surface area contributed by atoms with Crippen LogP contribution in [0.3, 0.4) is 0 Å². The van der Waals surface area contributed by atoms with Crippen LogP contribution in [0.5, 0.6) is 0 Å². The first-order chi connectivity index (χ1) is 9.20. The maximum absolute atomic E-state index is 5.87. The number of aryl methyl sites for hydroxylation is 2. The van der Waals surface area contributed by atoms with Crippen molar-refractivity contribution in [1.82, 2.24) is 14.8 Å². The molecule has 0 aliphatic rings. The van der Waals surface area contributed by atoms with E-state index in [2.05, 4.69) is 22.2 Å². The predicted molar refractivity (Wildman–Crippen MR) is 76.2 cm³/mol. The van der Waals surface area contributed by atoms with Gasteiger partial charge in [0.05, 0.1) is 17.4 Å². The Balaban J connectivity index is 2.32. The fourth-order valence-electron chi connectivity index (χ4n) is 2.44. The van der Waals surface area contributed by atoms with E-state index in [-0.39, 0.29) is 0 Å². The molecule has 4 nitrogen and oxygen atoms in total. The van der Waals surface area contributed by atoms with Gasteiger partial charge in [-0.15, -0.1) is 0 Å². The van der Waals surface area contributed by atoms with Crippen LogP contribution < -0.4 is 5.73 Å². The number of pyridine rings is 1. The summed E-state index contributed by atoms with van der Waals surface area (Å²) in [5.74, 6) is 0. The molecule has 0 fully saturated rings. The summed E-state index contributed by atoms with van der Waals surface area (Å²) in [6.07, 6.45) is 1.88. The molecule has 0 saturated carbocycles. The molecule has 3 rings (SSSR count). The van der Waals surface area contributed by atoms with Crippen LogP contribution in [0, 0.1) is 13.8 Å². The first-order valence-electron chi connectivity index (χ1n) is 6.31. The Kier molecular flexibility index (Phi) is 2.80. The normalized spacial score (nSPS) is 11.1. The molecular weight excluding hydrogens is 236 g/mol. The molecule has 0 spiro atoms. The third-order valence-corrected chi connectivity index (χ3v) is 3.35. The third kappa shape index (κ3) is 1.90. The van der Waals surface area contributed by atoms with Gasteiger partial charge in [0.15, 0.2) is 0 Å². The minimum atomic E-state index is 0.461. The molecular formula is C15H16N4. The molecule has 19 heavy (non-hydrogen) atoms. The van der Waals surface area contributed by atoms with Crippen molar-refractivity contribution in [2.75, 3.05) is 0 Å². The van der Waals surface area contributed by atoms with E-state index in [4.69, 9.17) is 5.73 Å². The molecule has 3 aromatic rings. The van der Waals surface area contributed by atoms with Crippen LogP contribution in [-0.4, -0.2) is 14.8 Å². The van der Waals surface area contributed by atoms with Crippen LogP contribution in [0.2, 0.25) is 0 Å². The van der Waals surface area contributed by atoms with Crippen LogP contribution in [0.25, 0.3) is 16.6 Å². The maximum Gasteiger partial charge on any atom is 0.0741 e. The Bertz CT molecular complexity index is 743. The fourth-order valence-corrected chi connectivity index (χ4v) is 2.44. The summed E-state index contributed by atoms with van der Waals surface area (Å²) in [6, 6.07) is 10.2. The zero-order chi connectivity index (χ0) is 13.4. The summed E-state index contributed by atoms with van der Waals surface area (Å²) in [7, 11) is 0. The number of benzene rings is 1. The average Bonchev–Trinajstić information content (AvgIpc) is 2.81. The van der Waals surface area contributed by atoms with Gasteiger partial charge in [-0.2, -0.15) is 5.10 Å². The monoisotopic (exact) mass is 252 g/mol. The lowest BCUT2D eigenvalue weighted by molar-refractivity contribution is 0.863. The highest BCUT2D eigenvalue weighted by Crippen LogP contribution is 2.22. The molecule has 0 unspecified atom stereocenters. The molecule has 2 N–H and O–H groups in total. The Morgan fingerprint density at radius 1 is 1.21 bits per heavy atom. The second-order valence-electron chi connectivity index (χ2n) is 4.67. The summed E-state index contributed by atoms with van der Waals surface area (Å²) >= 11 is 0. The van der Waals surface area contributed by atoms with Gasteiger partial charge in [0.1, 0.15) is 0 Å². The molecule has 0 aliphatic heterocycles. The second-order valence-corrected chi connectivity index (χ2v) is 4.67. The molecule has 0 bridgehead atoms. The van der Waals surface area contributed by atoms with E-state index in [1.807, 2.05) is 42.9 Å². The number of aromatic nitrogens is 3. The van der Waals surface area contributed by atoms with Gasteiger partial charge < -0.3 is 5.73 Å². The molecule has 1 aromatic carbocycles. The SMILES string of the molecule is Cc1cc(-n2ncc3ccccc32)c(CN)c(C)n1. The molecule has 2 heterocycles. The third-order valence-electron chi connectivity index (χ3n) is 3.35. The van der Waals surface area contributed by atoms with Gasteiger partial charge in [0.2, 0.25) is 0 Å². The molecule has 0 aliphatic carbocycles. The molecule has 4 heteroatoms. The van der Waals surface area contributed by atoms with Crippen molar-refractivity contribution in [3.8, 4) is 5.69 Å². The molecule has 0 radical (unpaired) electrons. The van der Waals surface area contributed by atoms with Crippen LogP contribution in [-0.2, 0) is 6.54 Å². The summed E-state index contributed by atoms with van der Waals surface area (Å²) in [5.41, 5.74) is 11.0. The molecule has 0 saturated heterocycles. The van der Waals surface area contributed by atoms with Crippen LogP contribution in [0.1, 0.15) is 17.0 Å². The highest BCUT2D eigenvalue weighted by molar-refractivity contribution is 5.80. The van der Waals surface area contributed by atoms with Crippen LogP contribution in [0.4, 0.5) is 0 Å². The van der Waals surface area contributed by atoms with Crippen molar-refractivity contribution in [3.63, 3.8) is 0 Å². The lowest BCUT2D eigenvalue weighted by atomic mass is 10.1. The van der Waals surface area contributed by atoms with Gasteiger partial charge in [-0.05, 0) is 26.0 Å². The first kappa shape index (κ1) is 11.9. The highest BCUT2D eigenvalue weighted by Gasteiger charge is 2.12. The quantitative estimate of drug-likeness (QED) is 0.762. The Morgan fingerprint density at radius 2 is 2.00 bits per heavy atom. The summed E-state index contributed by atoms with van der Waals surface area (Å²) in [4.78, 5) is 4.47. The van der Waals surface area contributed by atoms with E-state index < -0.39 is 0 Å². The average molecular weight is 252 g/mol. The number of nitrogens with two attached hydrogens (primary N) is 1. The lowest BCUT2D eigenvalue weighted by Gasteiger charge is -2.12. The van der Waals surface area contributed by atoms with E-state index in [0.717, 1.165) is 33.5 Å². The van der Waals surface area contributed by atoms with Crippen molar-refractivity contribution in [3.05, 3.63) is 53.5 Å². The van der Waals surface area contributed by atoms with Gasteiger partial charge in [-0.3, -0.25) is 4.98 Å². The summed E-state index contributed by atoms with van der Waals surface area (Å²) < 4.78 is 1.94. The van der Waals surface area contributed by atoms with Crippen molar-refractivity contribution >= 4 is 10.9 Å². The van der Waals surface area contributed by atoms with Crippen molar-refractivity contribution in [1.29, 1.82) is 0 Å². The number of hydrogen-bond donors (Lipinski definition) is 1. The Morgan fingerprint density at radius 3 is 2.79 bits per heavy atom. The molecule has 0 amide bonds. The van der Waals surface area contributed by atoms with Gasteiger partial charge >= 0.3 is 0 Å².